The number of hydrogen-bond acceptors (Lipinski definition) is 8. The lowest BCUT2D eigenvalue weighted by Crippen LogP contribution is -2.37. The lowest BCUT2D eigenvalue weighted by atomic mass is 10.1. The number of fused-ring (bicyclic) bond motifs is 1. The SMILES string of the molecule is Cc1ccc(Cn2ccnc2/C=N/Nc2nc(NCCCN3CCOCC3)c3ccccc3n2)cc1. The second-order valence-corrected chi connectivity index (χ2v) is 8.92. The number of morpholine rings is 1. The predicted octanol–water partition coefficient (Wildman–Crippen LogP) is 3.76. The van der Waals surface area contributed by atoms with Gasteiger partial charge in [-0.25, -0.2) is 15.4 Å². The van der Waals surface area contributed by atoms with Gasteiger partial charge >= 0.3 is 0 Å². The van der Waals surface area contributed by atoms with Gasteiger partial charge in [0, 0.05) is 44.0 Å². The molecule has 1 fully saturated rings. The van der Waals surface area contributed by atoms with E-state index in [2.05, 4.69) is 66.5 Å². The summed E-state index contributed by atoms with van der Waals surface area (Å²) in [5.41, 5.74) is 6.31. The predicted molar refractivity (Wildman–Crippen MR) is 144 cm³/mol. The smallest absolute Gasteiger partial charge is 0.246 e. The Hall–Kier alpha value is -3.82. The number of hydrazone groups is 1. The highest BCUT2D eigenvalue weighted by atomic mass is 16.5. The number of nitrogens with one attached hydrogen (secondary N) is 2. The molecule has 0 unspecified atom stereocenters. The van der Waals surface area contributed by atoms with E-state index < -0.39 is 0 Å². The van der Waals surface area contributed by atoms with Gasteiger partial charge in [-0.15, -0.1) is 0 Å². The van der Waals surface area contributed by atoms with Gasteiger partial charge in [0.15, 0.2) is 5.82 Å². The van der Waals surface area contributed by atoms with Crippen LogP contribution in [0.4, 0.5) is 11.8 Å². The third-order valence-electron chi connectivity index (χ3n) is 6.22. The summed E-state index contributed by atoms with van der Waals surface area (Å²) in [6.07, 6.45) is 6.46. The van der Waals surface area contributed by atoms with Crippen molar-refractivity contribution in [3.05, 3.63) is 77.9 Å². The number of aryl methyl sites for hydroxylation is 1. The van der Waals surface area contributed by atoms with Crippen LogP contribution in [-0.4, -0.2) is 70.0 Å². The molecule has 2 aromatic heterocycles. The van der Waals surface area contributed by atoms with Crippen molar-refractivity contribution in [3.8, 4) is 0 Å². The molecular weight excluding hydrogens is 452 g/mol. The summed E-state index contributed by atoms with van der Waals surface area (Å²) in [6, 6.07) is 16.5. The van der Waals surface area contributed by atoms with Gasteiger partial charge < -0.3 is 14.6 Å². The molecule has 2 N–H and O–H groups in total. The van der Waals surface area contributed by atoms with E-state index in [1.807, 2.05) is 30.5 Å². The van der Waals surface area contributed by atoms with Gasteiger partial charge in [-0.2, -0.15) is 10.1 Å². The number of benzene rings is 2. The molecule has 1 saturated heterocycles. The van der Waals surface area contributed by atoms with Crippen molar-refractivity contribution in [2.24, 2.45) is 5.10 Å². The monoisotopic (exact) mass is 484 g/mol. The fraction of sp³-hybridized carbons (Fsp3) is 0.333. The Morgan fingerprint density at radius 3 is 2.75 bits per heavy atom. The van der Waals surface area contributed by atoms with Crippen LogP contribution in [0.1, 0.15) is 23.4 Å². The fourth-order valence-corrected chi connectivity index (χ4v) is 4.22. The quantitative estimate of drug-likeness (QED) is 0.201. The first-order chi connectivity index (χ1) is 17.7. The number of rotatable bonds is 10. The van der Waals surface area contributed by atoms with E-state index in [1.165, 1.54) is 11.1 Å². The molecule has 0 atom stereocenters. The van der Waals surface area contributed by atoms with Crippen LogP contribution in [0.2, 0.25) is 0 Å². The molecular formula is C27H32N8O. The molecule has 5 rings (SSSR count). The summed E-state index contributed by atoms with van der Waals surface area (Å²) in [5, 5.41) is 8.86. The third-order valence-corrected chi connectivity index (χ3v) is 6.22. The molecule has 0 radical (unpaired) electrons. The topological polar surface area (TPSA) is 92.5 Å². The molecule has 0 aliphatic carbocycles. The van der Waals surface area contributed by atoms with Gasteiger partial charge in [0.2, 0.25) is 5.95 Å². The summed E-state index contributed by atoms with van der Waals surface area (Å²) < 4.78 is 7.49. The van der Waals surface area contributed by atoms with E-state index in [-0.39, 0.29) is 0 Å². The minimum atomic E-state index is 0.442. The summed E-state index contributed by atoms with van der Waals surface area (Å²) >= 11 is 0. The molecule has 2 aromatic carbocycles. The third kappa shape index (κ3) is 6.24. The van der Waals surface area contributed by atoms with Gasteiger partial charge in [0.25, 0.3) is 0 Å². The standard InChI is InChI=1S/C27H32N8O/c1-21-7-9-22(10-8-21)20-35-14-12-28-25(35)19-30-33-27-31-24-6-3-2-5-23(24)26(32-27)29-11-4-13-34-15-17-36-18-16-34/h2-3,5-10,12,14,19H,4,11,13,15-18,20H2,1H3,(H2,29,31,32,33)/b30-19+. The highest BCUT2D eigenvalue weighted by molar-refractivity contribution is 5.90. The number of nitrogens with zero attached hydrogens (tertiary/aromatic N) is 6. The van der Waals surface area contributed by atoms with Crippen molar-refractivity contribution >= 4 is 28.9 Å². The van der Waals surface area contributed by atoms with Crippen molar-refractivity contribution in [1.29, 1.82) is 0 Å². The first kappa shape index (κ1) is 23.9. The molecule has 0 amide bonds. The van der Waals surface area contributed by atoms with Crippen molar-refractivity contribution in [2.75, 3.05) is 50.1 Å². The Bertz CT molecular complexity index is 1290. The Kier molecular flexibility index (Phi) is 7.80. The largest absolute Gasteiger partial charge is 0.379 e. The van der Waals surface area contributed by atoms with Crippen LogP contribution in [0.5, 0.6) is 0 Å². The average Bonchev–Trinajstić information content (AvgIpc) is 3.35. The first-order valence-electron chi connectivity index (χ1n) is 12.4. The lowest BCUT2D eigenvalue weighted by Gasteiger charge is -2.26. The molecule has 4 aromatic rings. The van der Waals surface area contributed by atoms with Crippen LogP contribution in [0.25, 0.3) is 10.9 Å². The van der Waals surface area contributed by atoms with Crippen molar-refractivity contribution in [1.82, 2.24) is 24.4 Å². The summed E-state index contributed by atoms with van der Waals surface area (Å²) in [6.45, 7) is 8.36. The molecule has 186 valence electrons. The van der Waals surface area contributed by atoms with E-state index >= 15 is 0 Å². The summed E-state index contributed by atoms with van der Waals surface area (Å²) in [7, 11) is 0. The molecule has 0 spiro atoms. The molecule has 1 aliphatic heterocycles. The lowest BCUT2D eigenvalue weighted by molar-refractivity contribution is 0.0378. The summed E-state index contributed by atoms with van der Waals surface area (Å²) in [5.74, 6) is 2.00. The molecule has 3 heterocycles. The number of imidazole rings is 1. The van der Waals surface area contributed by atoms with Crippen LogP contribution >= 0.6 is 0 Å². The second-order valence-electron chi connectivity index (χ2n) is 8.92. The highest BCUT2D eigenvalue weighted by Crippen LogP contribution is 2.22. The van der Waals surface area contributed by atoms with Crippen LogP contribution in [0.3, 0.4) is 0 Å². The van der Waals surface area contributed by atoms with Gasteiger partial charge in [-0.1, -0.05) is 42.0 Å². The molecule has 9 heteroatoms. The first-order valence-corrected chi connectivity index (χ1v) is 12.4. The van der Waals surface area contributed by atoms with Crippen molar-refractivity contribution in [2.45, 2.75) is 19.9 Å². The number of ether oxygens (including phenoxy) is 1. The van der Waals surface area contributed by atoms with Gasteiger partial charge in [-0.3, -0.25) is 4.90 Å². The maximum Gasteiger partial charge on any atom is 0.246 e. The maximum absolute atomic E-state index is 5.43. The maximum atomic E-state index is 5.43. The van der Waals surface area contributed by atoms with Crippen LogP contribution in [-0.2, 0) is 11.3 Å². The van der Waals surface area contributed by atoms with Gasteiger partial charge in [0.05, 0.1) is 24.9 Å². The fourth-order valence-electron chi connectivity index (χ4n) is 4.22. The number of para-hydroxylation sites is 1. The van der Waals surface area contributed by atoms with E-state index in [0.29, 0.717) is 5.95 Å². The second kappa shape index (κ2) is 11.7. The van der Waals surface area contributed by atoms with Crippen LogP contribution < -0.4 is 10.7 Å². The van der Waals surface area contributed by atoms with Gasteiger partial charge in [0.1, 0.15) is 5.82 Å². The van der Waals surface area contributed by atoms with Crippen LogP contribution in [0.15, 0.2) is 66.0 Å². The van der Waals surface area contributed by atoms with Crippen LogP contribution in [0, 0.1) is 6.92 Å². The Morgan fingerprint density at radius 2 is 1.89 bits per heavy atom. The zero-order chi connectivity index (χ0) is 24.6. The molecule has 9 nitrogen and oxygen atoms in total. The minimum absolute atomic E-state index is 0.442. The molecule has 0 bridgehead atoms. The number of anilines is 2. The van der Waals surface area contributed by atoms with Crippen molar-refractivity contribution in [3.63, 3.8) is 0 Å². The highest BCUT2D eigenvalue weighted by Gasteiger charge is 2.10. The summed E-state index contributed by atoms with van der Waals surface area (Å²) in [4.78, 5) is 16.2. The molecule has 36 heavy (non-hydrogen) atoms. The minimum Gasteiger partial charge on any atom is -0.379 e. The molecule has 0 saturated carbocycles. The average molecular weight is 485 g/mol. The Balaban J connectivity index is 1.23. The molecule has 1 aliphatic rings. The van der Waals surface area contributed by atoms with E-state index in [1.54, 1.807) is 12.4 Å². The van der Waals surface area contributed by atoms with E-state index in [9.17, 15) is 0 Å². The van der Waals surface area contributed by atoms with Gasteiger partial charge in [-0.05, 0) is 37.6 Å². The number of hydrogen-bond donors (Lipinski definition) is 2. The zero-order valence-corrected chi connectivity index (χ0v) is 20.6. The van der Waals surface area contributed by atoms with Crippen molar-refractivity contribution < 1.29 is 4.74 Å². The normalized spacial score (nSPS) is 14.5. The Morgan fingerprint density at radius 1 is 1.06 bits per heavy atom. The van der Waals surface area contributed by atoms with E-state index in [0.717, 1.165) is 74.9 Å². The van der Waals surface area contributed by atoms with E-state index in [4.69, 9.17) is 9.72 Å². The Labute approximate surface area is 211 Å². The number of aromatic nitrogens is 4. The zero-order valence-electron chi connectivity index (χ0n) is 20.6.